The van der Waals surface area contributed by atoms with Gasteiger partial charge in [0.1, 0.15) is 5.01 Å². The number of methoxy groups -OCH3 is 1. The van der Waals surface area contributed by atoms with Gasteiger partial charge in [0.25, 0.3) is 0 Å². The number of aromatic nitrogens is 2. The van der Waals surface area contributed by atoms with Crippen LogP contribution in [0.25, 0.3) is 10.6 Å². The normalized spacial score (nSPS) is 10.6. The van der Waals surface area contributed by atoms with Gasteiger partial charge in [0.15, 0.2) is 11.5 Å². The van der Waals surface area contributed by atoms with E-state index in [9.17, 15) is 14.4 Å². The first kappa shape index (κ1) is 24.2. The van der Waals surface area contributed by atoms with E-state index in [1.807, 2.05) is 30.3 Å². The van der Waals surface area contributed by atoms with Gasteiger partial charge in [0.2, 0.25) is 5.13 Å². The summed E-state index contributed by atoms with van der Waals surface area (Å²) in [6.07, 6.45) is 1.31. The largest absolute Gasteiger partial charge is 0.493 e. The highest BCUT2D eigenvalue weighted by Gasteiger charge is 2.16. The van der Waals surface area contributed by atoms with Gasteiger partial charge in [-0.05, 0) is 35.9 Å². The van der Waals surface area contributed by atoms with Crippen LogP contribution in [-0.4, -0.2) is 41.3 Å². The van der Waals surface area contributed by atoms with Gasteiger partial charge in [-0.25, -0.2) is 10.2 Å². The lowest BCUT2D eigenvalue weighted by Gasteiger charge is -2.10. The number of amides is 2. The van der Waals surface area contributed by atoms with E-state index in [1.165, 1.54) is 19.4 Å². The summed E-state index contributed by atoms with van der Waals surface area (Å²) in [7, 11) is 1.43. The minimum atomic E-state index is -0.983. The van der Waals surface area contributed by atoms with Crippen LogP contribution in [0.5, 0.6) is 11.5 Å². The van der Waals surface area contributed by atoms with Gasteiger partial charge in [-0.3, -0.25) is 14.9 Å². The molecular formula is C25H19N5O5S. The fourth-order valence-corrected chi connectivity index (χ4v) is 3.67. The van der Waals surface area contributed by atoms with Crippen LogP contribution in [0.15, 0.2) is 84.0 Å². The minimum absolute atomic E-state index is 0.184. The van der Waals surface area contributed by atoms with Gasteiger partial charge >= 0.3 is 17.8 Å². The Morgan fingerprint density at radius 1 is 0.889 bits per heavy atom. The average molecular weight is 502 g/mol. The molecule has 11 heteroatoms. The van der Waals surface area contributed by atoms with Crippen molar-refractivity contribution >= 4 is 40.5 Å². The number of nitrogens with zero attached hydrogens (tertiary/aromatic N) is 3. The summed E-state index contributed by atoms with van der Waals surface area (Å²) < 4.78 is 10.7. The van der Waals surface area contributed by atoms with E-state index in [0.717, 1.165) is 16.9 Å². The Bertz CT molecular complexity index is 1410. The summed E-state index contributed by atoms with van der Waals surface area (Å²) >= 11 is 1.14. The third-order valence-electron chi connectivity index (χ3n) is 4.65. The highest BCUT2D eigenvalue weighted by molar-refractivity contribution is 7.18. The van der Waals surface area contributed by atoms with E-state index in [0.29, 0.717) is 16.1 Å². The zero-order chi connectivity index (χ0) is 25.3. The second-order valence-electron chi connectivity index (χ2n) is 7.10. The van der Waals surface area contributed by atoms with Gasteiger partial charge in [0, 0.05) is 5.56 Å². The molecular weight excluding hydrogens is 482 g/mol. The molecule has 0 fully saturated rings. The maximum absolute atomic E-state index is 12.3. The Hall–Kier alpha value is -4.90. The second-order valence-corrected chi connectivity index (χ2v) is 8.08. The molecule has 0 unspecified atom stereocenters. The maximum Gasteiger partial charge on any atom is 0.343 e. The lowest BCUT2D eigenvalue weighted by Crippen LogP contribution is -2.32. The molecule has 1 heterocycles. The van der Waals surface area contributed by atoms with Crippen molar-refractivity contribution in [1.82, 2.24) is 15.6 Å². The lowest BCUT2D eigenvalue weighted by molar-refractivity contribution is -0.136. The topological polar surface area (TPSA) is 132 Å². The van der Waals surface area contributed by atoms with Crippen LogP contribution in [0.1, 0.15) is 15.9 Å². The fraction of sp³-hybridized carbons (Fsp3) is 0.0400. The average Bonchev–Trinajstić information content (AvgIpc) is 3.38. The number of carbonyl (C=O) groups is 3. The molecule has 3 aromatic carbocycles. The number of ether oxygens (including phenoxy) is 2. The highest BCUT2D eigenvalue weighted by atomic mass is 32.1. The Kier molecular flexibility index (Phi) is 7.73. The zero-order valence-corrected chi connectivity index (χ0v) is 19.7. The van der Waals surface area contributed by atoms with Crippen molar-refractivity contribution in [3.8, 4) is 22.1 Å². The van der Waals surface area contributed by atoms with Crippen LogP contribution in [0.3, 0.4) is 0 Å². The van der Waals surface area contributed by atoms with Gasteiger partial charge in [-0.15, -0.1) is 10.2 Å². The molecule has 0 atom stereocenters. The zero-order valence-electron chi connectivity index (χ0n) is 18.9. The number of carbonyl (C=O) groups excluding carboxylic acids is 3. The van der Waals surface area contributed by atoms with Gasteiger partial charge in [-0.1, -0.05) is 59.9 Å². The summed E-state index contributed by atoms with van der Waals surface area (Å²) in [5, 5.41) is 14.9. The lowest BCUT2D eigenvalue weighted by atomic mass is 10.2. The van der Waals surface area contributed by atoms with Crippen LogP contribution in [0.4, 0.5) is 5.13 Å². The van der Waals surface area contributed by atoms with Crippen molar-refractivity contribution in [3.63, 3.8) is 0 Å². The predicted molar refractivity (Wildman–Crippen MR) is 134 cm³/mol. The fourth-order valence-electron chi connectivity index (χ4n) is 2.92. The monoisotopic (exact) mass is 501 g/mol. The number of nitrogens with one attached hydrogen (secondary N) is 2. The minimum Gasteiger partial charge on any atom is -0.493 e. The Balaban J connectivity index is 1.33. The molecule has 0 saturated carbocycles. The third-order valence-corrected chi connectivity index (χ3v) is 5.54. The number of hydrazone groups is 1. The van der Waals surface area contributed by atoms with E-state index in [4.69, 9.17) is 9.47 Å². The molecule has 0 saturated heterocycles. The van der Waals surface area contributed by atoms with Gasteiger partial charge in [-0.2, -0.15) is 5.10 Å². The number of hydrogen-bond acceptors (Lipinski definition) is 9. The molecule has 10 nitrogen and oxygen atoms in total. The quantitative estimate of drug-likeness (QED) is 0.130. The molecule has 1 aromatic heterocycles. The van der Waals surface area contributed by atoms with Gasteiger partial charge < -0.3 is 9.47 Å². The van der Waals surface area contributed by atoms with Gasteiger partial charge in [0.05, 0.1) is 18.9 Å². The van der Waals surface area contributed by atoms with Crippen LogP contribution in [0.2, 0.25) is 0 Å². The molecule has 4 rings (SSSR count). The van der Waals surface area contributed by atoms with Crippen LogP contribution >= 0.6 is 11.3 Å². The SMILES string of the molecule is COc1cc(/C=N/NC(=O)C(=O)Nc2nnc(-c3ccccc3)s2)ccc1OC(=O)c1ccccc1. The van der Waals surface area contributed by atoms with Crippen LogP contribution < -0.4 is 20.2 Å². The Morgan fingerprint density at radius 3 is 2.33 bits per heavy atom. The second kappa shape index (κ2) is 11.5. The van der Waals surface area contributed by atoms with Crippen molar-refractivity contribution in [1.29, 1.82) is 0 Å². The molecule has 2 N–H and O–H groups in total. The first-order chi connectivity index (χ1) is 17.5. The number of rotatable bonds is 7. The maximum atomic E-state index is 12.3. The summed E-state index contributed by atoms with van der Waals surface area (Å²) in [6.45, 7) is 0. The van der Waals surface area contributed by atoms with E-state index in [1.54, 1.807) is 42.5 Å². The highest BCUT2D eigenvalue weighted by Crippen LogP contribution is 2.28. The summed E-state index contributed by atoms with van der Waals surface area (Å²) in [6, 6.07) is 22.6. The Labute approximate surface area is 209 Å². The molecule has 2 amide bonds. The van der Waals surface area contributed by atoms with Crippen molar-refractivity contribution in [2.75, 3.05) is 12.4 Å². The van der Waals surface area contributed by atoms with E-state index in [-0.39, 0.29) is 16.6 Å². The number of benzene rings is 3. The van der Waals surface area contributed by atoms with Crippen LogP contribution in [0, 0.1) is 0 Å². The summed E-state index contributed by atoms with van der Waals surface area (Å²) in [5.41, 5.74) is 3.92. The smallest absolute Gasteiger partial charge is 0.343 e. The van der Waals surface area contributed by atoms with E-state index >= 15 is 0 Å². The number of anilines is 1. The van der Waals surface area contributed by atoms with Crippen molar-refractivity contribution < 1.29 is 23.9 Å². The standard InChI is InChI=1S/C25H19N5O5S/c1-34-20-14-16(12-13-19(20)35-24(33)18-10-6-3-7-11-18)15-26-28-22(32)21(31)27-25-30-29-23(36-25)17-8-4-2-5-9-17/h2-15H,1H3,(H,28,32)(H,27,30,31)/b26-15+. The first-order valence-corrected chi connectivity index (χ1v) is 11.3. The molecule has 0 aliphatic carbocycles. The summed E-state index contributed by atoms with van der Waals surface area (Å²) in [4.78, 5) is 36.5. The third kappa shape index (κ3) is 6.15. The first-order valence-electron chi connectivity index (χ1n) is 10.5. The Morgan fingerprint density at radius 2 is 1.61 bits per heavy atom. The van der Waals surface area contributed by atoms with Crippen molar-refractivity contribution in [3.05, 3.63) is 90.0 Å². The number of esters is 1. The van der Waals surface area contributed by atoms with Crippen LogP contribution in [-0.2, 0) is 9.59 Å². The molecule has 0 bridgehead atoms. The summed E-state index contributed by atoms with van der Waals surface area (Å²) in [5.74, 6) is -1.94. The van der Waals surface area contributed by atoms with E-state index < -0.39 is 17.8 Å². The van der Waals surface area contributed by atoms with Crippen molar-refractivity contribution in [2.24, 2.45) is 5.10 Å². The van der Waals surface area contributed by atoms with Crippen molar-refractivity contribution in [2.45, 2.75) is 0 Å². The van der Waals surface area contributed by atoms with E-state index in [2.05, 4.69) is 26.0 Å². The molecule has 0 radical (unpaired) electrons. The molecule has 0 aliphatic heterocycles. The molecule has 36 heavy (non-hydrogen) atoms. The molecule has 0 spiro atoms. The molecule has 180 valence electrons. The molecule has 4 aromatic rings. The number of hydrogen-bond donors (Lipinski definition) is 2. The predicted octanol–water partition coefficient (Wildman–Crippen LogP) is 3.52. The molecule has 0 aliphatic rings.